The van der Waals surface area contributed by atoms with E-state index in [1.54, 1.807) is 19.1 Å². The highest BCUT2D eigenvalue weighted by Gasteiger charge is 2.26. The molecule has 0 saturated heterocycles. The van der Waals surface area contributed by atoms with Crippen molar-refractivity contribution in [2.45, 2.75) is 39.9 Å². The first-order valence-corrected chi connectivity index (χ1v) is 21.6. The fraction of sp³-hybridized carbons (Fsp3) is 0.226. The van der Waals surface area contributed by atoms with E-state index >= 15 is 0 Å². The molecule has 0 aromatic heterocycles. The number of phenolic OH excluding ortho intramolecular Hbond substituents is 1. The predicted molar refractivity (Wildman–Crippen MR) is 204 cm³/mol. The summed E-state index contributed by atoms with van der Waals surface area (Å²) in [6.45, 7) is 3.98. The van der Waals surface area contributed by atoms with E-state index in [1.807, 2.05) is 6.11 Å². The predicted octanol–water partition coefficient (Wildman–Crippen LogP) is 6.91. The summed E-state index contributed by atoms with van der Waals surface area (Å²) in [6.07, 6.45) is 2.15. The van der Waals surface area contributed by atoms with Crippen molar-refractivity contribution >= 4 is 93.4 Å². The van der Waals surface area contributed by atoms with E-state index in [4.69, 9.17) is 25.0 Å². The van der Waals surface area contributed by atoms with Crippen molar-refractivity contribution in [2.24, 2.45) is 20.5 Å². The van der Waals surface area contributed by atoms with Crippen LogP contribution in [0.4, 0.5) is 28.4 Å². The number of anilines is 1. The summed E-state index contributed by atoms with van der Waals surface area (Å²) in [5.74, 6) is -1.13. The summed E-state index contributed by atoms with van der Waals surface area (Å²) in [5.41, 5.74) is 5.67. The van der Waals surface area contributed by atoms with Crippen molar-refractivity contribution in [3.8, 4) is 22.9 Å². The number of benzene rings is 4. The lowest BCUT2D eigenvalue weighted by molar-refractivity contribution is -0.432. The molecule has 0 bridgehead atoms. The number of hydrogen-bond donors (Lipinski definition) is 5. The van der Waals surface area contributed by atoms with Gasteiger partial charge in [-0.2, -0.15) is 21.9 Å². The topological polar surface area (TPSA) is 314 Å². The minimum atomic E-state index is -5.11. The SMILES string of the molecule is CCOCCCS(=O)(=O)c1cc(OC)c(N=Nc2c(S(=O)(=O)O)cc3cc(SOOO)c(N=Nc4ccc(SC#COOS(=O)(=O)O)cc4)c(N)c3c2O)cc1C. The standard InChI is InChI=1S/C31H31N5O16S5/c1-4-48-10-5-13-55(39,40)25-17-23(47-3)22(14-18(25)2)34-36-30-26(56(41,42)43)16-19-15-24(54-51-50-38)29(28(32)27(19)31(30)37)35-33-20-6-8-21(9-7-20)53-12-11-49-52-57(44,45)46/h6-9,14-17,37-38H,4-5,10,13,32H2,1-3H3,(H,41,42,43)(H,44,45,46). The first-order valence-electron chi connectivity index (χ1n) is 15.6. The van der Waals surface area contributed by atoms with E-state index < -0.39 is 46.7 Å². The number of hydrogen-bond acceptors (Lipinski definition) is 21. The third kappa shape index (κ3) is 12.2. The molecule has 21 nitrogen and oxygen atoms in total. The number of methoxy groups -OCH3 is 1. The molecule has 0 unspecified atom stereocenters. The Hall–Kier alpha value is -4.63. The molecule has 0 aliphatic carbocycles. The van der Waals surface area contributed by atoms with Gasteiger partial charge in [0.2, 0.25) is 0 Å². The molecule has 0 amide bonds. The molecule has 4 aromatic carbocycles. The van der Waals surface area contributed by atoms with E-state index in [1.165, 1.54) is 44.4 Å². The van der Waals surface area contributed by atoms with Gasteiger partial charge in [-0.25, -0.2) is 13.7 Å². The zero-order chi connectivity index (χ0) is 42.0. The number of nitrogen functional groups attached to an aromatic ring is 1. The summed E-state index contributed by atoms with van der Waals surface area (Å²) >= 11 is 1.27. The van der Waals surface area contributed by atoms with Gasteiger partial charge in [-0.3, -0.25) is 14.0 Å². The van der Waals surface area contributed by atoms with Crippen LogP contribution in [0.25, 0.3) is 10.8 Å². The number of azo groups is 2. The van der Waals surface area contributed by atoms with Crippen molar-refractivity contribution in [1.82, 2.24) is 0 Å². The maximum atomic E-state index is 13.1. The third-order valence-electron chi connectivity index (χ3n) is 7.20. The first-order chi connectivity index (χ1) is 26.9. The number of aromatic hydroxyl groups is 1. The second-order valence-corrected chi connectivity index (χ2v) is 17.0. The normalized spacial score (nSPS) is 12.3. The molecule has 0 atom stereocenters. The number of thioether (sulfide) groups is 1. The largest absolute Gasteiger partial charge is 0.505 e. The van der Waals surface area contributed by atoms with Gasteiger partial charge in [-0.1, -0.05) is 5.04 Å². The average molecular weight is 890 g/mol. The minimum absolute atomic E-state index is 0.0180. The number of sulfone groups is 1. The van der Waals surface area contributed by atoms with Gasteiger partial charge in [-0.05, 0) is 89.8 Å². The van der Waals surface area contributed by atoms with Crippen LogP contribution in [-0.4, -0.2) is 70.8 Å². The van der Waals surface area contributed by atoms with E-state index in [2.05, 4.69) is 44.3 Å². The van der Waals surface area contributed by atoms with E-state index in [0.29, 0.717) is 23.5 Å². The molecular weight excluding hydrogens is 859 g/mol. The van der Waals surface area contributed by atoms with Crippen LogP contribution < -0.4 is 10.5 Å². The summed E-state index contributed by atoms with van der Waals surface area (Å²) < 4.78 is 110. The van der Waals surface area contributed by atoms with Crippen LogP contribution in [0.15, 0.2) is 88.6 Å². The molecule has 0 aliphatic rings. The number of aryl methyl sites for hydroxylation is 1. The molecule has 0 aliphatic heterocycles. The van der Waals surface area contributed by atoms with Crippen molar-refractivity contribution in [2.75, 3.05) is 31.8 Å². The minimum Gasteiger partial charge on any atom is -0.505 e. The Morgan fingerprint density at radius 2 is 1.61 bits per heavy atom. The zero-order valence-electron chi connectivity index (χ0n) is 29.5. The molecule has 306 valence electrons. The molecule has 57 heavy (non-hydrogen) atoms. The second kappa shape index (κ2) is 19.7. The van der Waals surface area contributed by atoms with E-state index in [0.717, 1.165) is 17.8 Å². The number of nitrogens with two attached hydrogens (primary N) is 1. The van der Waals surface area contributed by atoms with Gasteiger partial charge < -0.3 is 20.3 Å². The molecule has 0 radical (unpaired) electrons. The van der Waals surface area contributed by atoms with Crippen molar-refractivity contribution in [3.05, 3.63) is 54.1 Å². The first kappa shape index (κ1) is 45.1. The number of phenols is 1. The van der Waals surface area contributed by atoms with Crippen LogP contribution in [0.5, 0.6) is 11.5 Å². The van der Waals surface area contributed by atoms with Gasteiger partial charge >= 0.3 is 10.4 Å². The summed E-state index contributed by atoms with van der Waals surface area (Å²) in [6, 6.07) is 10.8. The highest BCUT2D eigenvalue weighted by atomic mass is 32.3. The Kier molecular flexibility index (Phi) is 15.6. The van der Waals surface area contributed by atoms with E-state index in [9.17, 15) is 34.9 Å². The highest BCUT2D eigenvalue weighted by Crippen LogP contribution is 2.50. The Morgan fingerprint density at radius 1 is 0.912 bits per heavy atom. The van der Waals surface area contributed by atoms with Crippen molar-refractivity contribution in [1.29, 1.82) is 0 Å². The maximum absolute atomic E-state index is 13.1. The Bertz CT molecular complexity index is 2580. The highest BCUT2D eigenvalue weighted by molar-refractivity contribution is 8.04. The van der Waals surface area contributed by atoms with Crippen LogP contribution in [0, 0.1) is 18.3 Å². The summed E-state index contributed by atoms with van der Waals surface area (Å²) in [5, 5.41) is 42.2. The number of ether oxygens (including phenoxy) is 2. The maximum Gasteiger partial charge on any atom is 0.433 e. The van der Waals surface area contributed by atoms with Gasteiger partial charge in [0.05, 0.1) is 51.5 Å². The van der Waals surface area contributed by atoms with E-state index in [-0.39, 0.29) is 73.4 Å². The fourth-order valence-corrected chi connectivity index (χ4v) is 8.11. The van der Waals surface area contributed by atoms with Crippen LogP contribution in [0.2, 0.25) is 0 Å². The van der Waals surface area contributed by atoms with Crippen LogP contribution in [0.1, 0.15) is 18.9 Å². The lowest BCUT2D eigenvalue weighted by atomic mass is 10.1. The van der Waals surface area contributed by atoms with Crippen molar-refractivity contribution < 1.29 is 72.8 Å². The molecule has 6 N–H and O–H groups in total. The van der Waals surface area contributed by atoms with Gasteiger partial charge in [0, 0.05) is 29.4 Å². The Morgan fingerprint density at radius 3 is 2.25 bits per heavy atom. The molecule has 0 fully saturated rings. The van der Waals surface area contributed by atoms with Crippen molar-refractivity contribution in [3.63, 3.8) is 0 Å². The summed E-state index contributed by atoms with van der Waals surface area (Å²) in [7, 11) is -12.5. The Labute approximate surface area is 333 Å². The lowest BCUT2D eigenvalue weighted by Gasteiger charge is -2.14. The third-order valence-corrected chi connectivity index (χ3v) is 11.6. The molecule has 0 spiro atoms. The molecule has 4 rings (SSSR count). The Balaban J connectivity index is 1.77. The smallest absolute Gasteiger partial charge is 0.433 e. The quantitative estimate of drug-likeness (QED) is 0.00779. The number of nitrogens with zero attached hydrogens (tertiary/aromatic N) is 4. The van der Waals surface area contributed by atoms with Gasteiger partial charge in [-0.15, -0.1) is 19.7 Å². The van der Waals surface area contributed by atoms with Crippen LogP contribution in [-0.2, 0) is 53.7 Å². The van der Waals surface area contributed by atoms with Gasteiger partial charge in [0.25, 0.3) is 10.1 Å². The number of fused-ring (bicyclic) bond motifs is 1. The van der Waals surface area contributed by atoms with Crippen LogP contribution in [0.3, 0.4) is 0 Å². The van der Waals surface area contributed by atoms with Crippen LogP contribution >= 0.6 is 23.8 Å². The van der Waals surface area contributed by atoms with Gasteiger partial charge in [0.15, 0.2) is 21.7 Å². The molecule has 0 saturated carbocycles. The lowest BCUT2D eigenvalue weighted by Crippen LogP contribution is -2.11. The van der Waals surface area contributed by atoms with Gasteiger partial charge in [0.1, 0.15) is 27.7 Å². The monoisotopic (exact) mass is 889 g/mol. The molecule has 0 heterocycles. The molecule has 26 heteroatoms. The summed E-state index contributed by atoms with van der Waals surface area (Å²) in [4.78, 5) is 3.61. The average Bonchev–Trinajstić information content (AvgIpc) is 3.14. The zero-order valence-corrected chi connectivity index (χ0v) is 33.6. The second-order valence-electron chi connectivity index (χ2n) is 10.9. The fourth-order valence-electron chi connectivity index (χ4n) is 4.81. The molecule has 4 aromatic rings. The number of rotatable bonds is 18. The molecular formula is C31H31N5O16S5.